The summed E-state index contributed by atoms with van der Waals surface area (Å²) in [5.41, 5.74) is 13.9. The van der Waals surface area contributed by atoms with Crippen molar-refractivity contribution in [2.24, 2.45) is 5.11 Å². The first-order valence-corrected chi connectivity index (χ1v) is 3.82. The van der Waals surface area contributed by atoms with Crippen LogP contribution in [0.4, 0.5) is 10.1 Å². The van der Waals surface area contributed by atoms with Gasteiger partial charge in [-0.2, -0.15) is 4.39 Å². The van der Waals surface area contributed by atoms with Crippen molar-refractivity contribution in [1.82, 2.24) is 4.98 Å². The van der Waals surface area contributed by atoms with Gasteiger partial charge in [0.05, 0.1) is 5.69 Å². The zero-order chi connectivity index (χ0) is 10.4. The molecule has 0 saturated heterocycles. The number of rotatable bonds is 3. The Morgan fingerprint density at radius 3 is 3.14 bits per heavy atom. The number of nitrogens with two attached hydrogens (primary N) is 1. The SMILES string of the molecule is [N-]=[N+]=NCC=Cc1cnc(F)c(N)c1. The van der Waals surface area contributed by atoms with E-state index in [9.17, 15) is 4.39 Å². The van der Waals surface area contributed by atoms with E-state index in [1.54, 1.807) is 12.2 Å². The predicted molar refractivity (Wildman–Crippen MR) is 51.7 cm³/mol. The molecular weight excluding hydrogens is 185 g/mol. The average molecular weight is 193 g/mol. The van der Waals surface area contributed by atoms with E-state index in [2.05, 4.69) is 15.0 Å². The van der Waals surface area contributed by atoms with Crippen molar-refractivity contribution < 1.29 is 4.39 Å². The van der Waals surface area contributed by atoms with Crippen molar-refractivity contribution in [2.75, 3.05) is 12.3 Å². The van der Waals surface area contributed by atoms with Gasteiger partial charge in [0.2, 0.25) is 5.95 Å². The molecule has 1 aromatic rings. The molecule has 0 aliphatic heterocycles. The highest BCUT2D eigenvalue weighted by atomic mass is 19.1. The van der Waals surface area contributed by atoms with Crippen LogP contribution >= 0.6 is 0 Å². The van der Waals surface area contributed by atoms with Crippen molar-refractivity contribution in [1.29, 1.82) is 0 Å². The van der Waals surface area contributed by atoms with Crippen LogP contribution in [0, 0.1) is 5.95 Å². The fourth-order valence-corrected chi connectivity index (χ4v) is 0.846. The van der Waals surface area contributed by atoms with E-state index in [0.717, 1.165) is 0 Å². The monoisotopic (exact) mass is 193 g/mol. The van der Waals surface area contributed by atoms with E-state index in [-0.39, 0.29) is 12.2 Å². The number of anilines is 1. The van der Waals surface area contributed by atoms with Gasteiger partial charge in [0.25, 0.3) is 0 Å². The van der Waals surface area contributed by atoms with E-state index in [1.807, 2.05) is 0 Å². The molecule has 5 nitrogen and oxygen atoms in total. The minimum atomic E-state index is -0.683. The van der Waals surface area contributed by atoms with E-state index in [4.69, 9.17) is 11.3 Å². The van der Waals surface area contributed by atoms with Gasteiger partial charge in [-0.3, -0.25) is 0 Å². The molecule has 0 aliphatic carbocycles. The zero-order valence-corrected chi connectivity index (χ0v) is 7.26. The van der Waals surface area contributed by atoms with Crippen LogP contribution in [0.15, 0.2) is 23.5 Å². The lowest BCUT2D eigenvalue weighted by molar-refractivity contribution is 0.588. The van der Waals surface area contributed by atoms with Crippen molar-refractivity contribution >= 4 is 11.8 Å². The largest absolute Gasteiger partial charge is 0.395 e. The van der Waals surface area contributed by atoms with Crippen LogP contribution in [0.25, 0.3) is 16.5 Å². The van der Waals surface area contributed by atoms with Gasteiger partial charge in [-0.05, 0) is 17.2 Å². The Bertz CT molecular complexity index is 395. The number of nitrogens with zero attached hydrogens (tertiary/aromatic N) is 4. The zero-order valence-electron chi connectivity index (χ0n) is 7.26. The van der Waals surface area contributed by atoms with Crippen LogP contribution in [0.3, 0.4) is 0 Å². The maximum Gasteiger partial charge on any atom is 0.236 e. The quantitative estimate of drug-likeness (QED) is 0.345. The molecule has 0 bridgehead atoms. The predicted octanol–water partition coefficient (Wildman–Crippen LogP) is 2.13. The second-order valence-electron chi connectivity index (χ2n) is 2.46. The van der Waals surface area contributed by atoms with Crippen LogP contribution in [0.1, 0.15) is 5.56 Å². The minimum absolute atomic E-state index is 0.00376. The summed E-state index contributed by atoms with van der Waals surface area (Å²) in [6, 6.07) is 1.45. The van der Waals surface area contributed by atoms with Crippen molar-refractivity contribution in [3.8, 4) is 0 Å². The maximum atomic E-state index is 12.6. The number of halogens is 1. The highest BCUT2D eigenvalue weighted by Crippen LogP contribution is 2.10. The molecule has 72 valence electrons. The van der Waals surface area contributed by atoms with Crippen LogP contribution in [-0.2, 0) is 0 Å². The number of azide groups is 1. The van der Waals surface area contributed by atoms with Gasteiger partial charge < -0.3 is 5.73 Å². The Morgan fingerprint density at radius 1 is 1.71 bits per heavy atom. The first-order chi connectivity index (χ1) is 6.74. The third kappa shape index (κ3) is 2.76. The molecule has 1 rings (SSSR count). The molecule has 1 aromatic heterocycles. The summed E-state index contributed by atoms with van der Waals surface area (Å²) in [7, 11) is 0. The topological polar surface area (TPSA) is 87.7 Å². The fraction of sp³-hybridized carbons (Fsp3) is 0.125. The molecule has 6 heteroatoms. The van der Waals surface area contributed by atoms with Gasteiger partial charge in [0, 0.05) is 17.7 Å². The van der Waals surface area contributed by atoms with E-state index >= 15 is 0 Å². The average Bonchev–Trinajstić information content (AvgIpc) is 2.18. The summed E-state index contributed by atoms with van der Waals surface area (Å²) < 4.78 is 12.6. The molecule has 0 amide bonds. The third-order valence-corrected chi connectivity index (χ3v) is 1.45. The second kappa shape index (κ2) is 4.84. The highest BCUT2D eigenvalue weighted by molar-refractivity contribution is 5.53. The first kappa shape index (κ1) is 10.0. The summed E-state index contributed by atoms with van der Waals surface area (Å²) in [6.07, 6.45) is 4.63. The Morgan fingerprint density at radius 2 is 2.50 bits per heavy atom. The number of nitrogen functional groups attached to an aromatic ring is 1. The molecule has 0 atom stereocenters. The fourth-order valence-electron chi connectivity index (χ4n) is 0.846. The van der Waals surface area contributed by atoms with Crippen molar-refractivity contribution in [2.45, 2.75) is 0 Å². The minimum Gasteiger partial charge on any atom is -0.395 e. The number of hydrogen-bond donors (Lipinski definition) is 1. The standard InChI is InChI=1S/C8H8FN5/c9-8-7(10)4-6(5-12-8)2-1-3-13-14-11/h1-2,4-5H,3,10H2. The Labute approximate surface area is 79.7 Å². The van der Waals surface area contributed by atoms with E-state index in [0.29, 0.717) is 5.56 Å². The van der Waals surface area contributed by atoms with Crippen LogP contribution in [-0.4, -0.2) is 11.5 Å². The number of aromatic nitrogens is 1. The van der Waals surface area contributed by atoms with Crippen LogP contribution in [0.5, 0.6) is 0 Å². The summed E-state index contributed by atoms with van der Waals surface area (Å²) in [4.78, 5) is 6.00. The lowest BCUT2D eigenvalue weighted by Gasteiger charge is -1.96. The van der Waals surface area contributed by atoms with Gasteiger partial charge in [-0.25, -0.2) is 4.98 Å². The summed E-state index contributed by atoms with van der Waals surface area (Å²) in [6.45, 7) is 0.244. The lowest BCUT2D eigenvalue weighted by atomic mass is 10.2. The summed E-state index contributed by atoms with van der Waals surface area (Å²) >= 11 is 0. The summed E-state index contributed by atoms with van der Waals surface area (Å²) in [5.74, 6) is -0.683. The lowest BCUT2D eigenvalue weighted by Crippen LogP contribution is -1.93. The van der Waals surface area contributed by atoms with Gasteiger partial charge in [-0.15, -0.1) is 0 Å². The van der Waals surface area contributed by atoms with E-state index < -0.39 is 5.95 Å². The first-order valence-electron chi connectivity index (χ1n) is 3.82. The van der Waals surface area contributed by atoms with Gasteiger partial charge in [0.15, 0.2) is 0 Å². The molecule has 0 fully saturated rings. The Balaban J connectivity index is 2.72. The molecule has 0 saturated carbocycles. The molecule has 0 spiro atoms. The third-order valence-electron chi connectivity index (χ3n) is 1.45. The Hall–Kier alpha value is -2.07. The van der Waals surface area contributed by atoms with Gasteiger partial charge in [0.1, 0.15) is 0 Å². The Kier molecular flexibility index (Phi) is 3.46. The summed E-state index contributed by atoms with van der Waals surface area (Å²) in [5, 5.41) is 3.29. The second-order valence-corrected chi connectivity index (χ2v) is 2.46. The van der Waals surface area contributed by atoms with Gasteiger partial charge >= 0.3 is 0 Å². The van der Waals surface area contributed by atoms with Gasteiger partial charge in [-0.1, -0.05) is 17.3 Å². The molecule has 0 radical (unpaired) electrons. The molecule has 0 aromatic carbocycles. The molecular formula is C8H8FN5. The van der Waals surface area contributed by atoms with Crippen LogP contribution < -0.4 is 5.73 Å². The maximum absolute atomic E-state index is 12.6. The highest BCUT2D eigenvalue weighted by Gasteiger charge is 1.97. The number of hydrogen-bond acceptors (Lipinski definition) is 3. The van der Waals surface area contributed by atoms with Crippen LogP contribution in [0.2, 0.25) is 0 Å². The smallest absolute Gasteiger partial charge is 0.236 e. The number of pyridine rings is 1. The van der Waals surface area contributed by atoms with Crippen molar-refractivity contribution in [3.63, 3.8) is 0 Å². The molecule has 1 heterocycles. The normalized spacial score (nSPS) is 10.1. The molecule has 0 unspecified atom stereocenters. The molecule has 14 heavy (non-hydrogen) atoms. The van der Waals surface area contributed by atoms with E-state index in [1.165, 1.54) is 12.3 Å². The van der Waals surface area contributed by atoms with Crippen molar-refractivity contribution in [3.05, 3.63) is 40.3 Å². The molecule has 0 aliphatic rings. The molecule has 2 N–H and O–H groups in total.